The molecule has 12 heavy (non-hydrogen) atoms. The minimum atomic E-state index is -0.134. The lowest BCUT2D eigenvalue weighted by Crippen LogP contribution is -2.38. The number of hydrogen-bond donors (Lipinski definition) is 1. The van der Waals surface area contributed by atoms with E-state index in [0.717, 1.165) is 6.42 Å². The summed E-state index contributed by atoms with van der Waals surface area (Å²) in [6.07, 6.45) is 6.02. The molecule has 0 saturated heterocycles. The van der Waals surface area contributed by atoms with Crippen molar-refractivity contribution in [2.45, 2.75) is 24.9 Å². The van der Waals surface area contributed by atoms with Crippen LogP contribution in [0.2, 0.25) is 0 Å². The van der Waals surface area contributed by atoms with E-state index < -0.39 is 0 Å². The van der Waals surface area contributed by atoms with Crippen molar-refractivity contribution in [3.05, 3.63) is 22.6 Å². The lowest BCUT2D eigenvalue weighted by Gasteiger charge is -2.23. The van der Waals surface area contributed by atoms with E-state index in [9.17, 15) is 4.79 Å². The number of nitrogens with zero attached hydrogens (tertiary/aromatic N) is 3. The van der Waals surface area contributed by atoms with E-state index in [1.165, 1.54) is 0 Å². The summed E-state index contributed by atoms with van der Waals surface area (Å²) in [5.41, 5.74) is 8.22. The molecule has 64 valence electrons. The van der Waals surface area contributed by atoms with E-state index in [0.29, 0.717) is 12.8 Å². The average molecular weight is 166 g/mol. The highest BCUT2D eigenvalue weighted by molar-refractivity contribution is 5.47. The third-order valence-corrected chi connectivity index (χ3v) is 1.88. The van der Waals surface area contributed by atoms with Crippen molar-refractivity contribution in [2.75, 3.05) is 0 Å². The molecule has 1 amide bonds. The Labute approximate surface area is 70.1 Å². The Bertz CT molecular complexity index is 232. The second-order valence-corrected chi connectivity index (χ2v) is 2.61. The molecule has 0 aromatic heterocycles. The van der Waals surface area contributed by atoms with Crippen molar-refractivity contribution in [3.63, 3.8) is 0 Å². The molecule has 0 fully saturated rings. The van der Waals surface area contributed by atoms with Crippen LogP contribution in [0.25, 0.3) is 10.4 Å². The van der Waals surface area contributed by atoms with Gasteiger partial charge in [0.25, 0.3) is 0 Å². The smallest absolute Gasteiger partial charge is 0.207 e. The number of azide groups is 1. The van der Waals surface area contributed by atoms with Crippen LogP contribution in [0.1, 0.15) is 12.8 Å². The molecule has 5 heteroatoms. The second kappa shape index (κ2) is 4.41. The Morgan fingerprint density at radius 2 is 2.33 bits per heavy atom. The molecule has 0 bridgehead atoms. The van der Waals surface area contributed by atoms with Gasteiger partial charge in [-0.15, -0.1) is 0 Å². The zero-order chi connectivity index (χ0) is 8.81. The van der Waals surface area contributed by atoms with Crippen LogP contribution >= 0.6 is 0 Å². The van der Waals surface area contributed by atoms with Crippen molar-refractivity contribution in [3.8, 4) is 0 Å². The molecule has 0 aliphatic heterocycles. The van der Waals surface area contributed by atoms with Crippen molar-refractivity contribution in [1.29, 1.82) is 0 Å². The van der Waals surface area contributed by atoms with Crippen LogP contribution in [0.4, 0.5) is 0 Å². The lowest BCUT2D eigenvalue weighted by molar-refractivity contribution is -0.110. The summed E-state index contributed by atoms with van der Waals surface area (Å²) >= 11 is 0. The van der Waals surface area contributed by atoms with E-state index in [1.807, 2.05) is 12.2 Å². The second-order valence-electron chi connectivity index (χ2n) is 2.61. The number of hydrogen-bond acceptors (Lipinski definition) is 2. The van der Waals surface area contributed by atoms with Gasteiger partial charge in [-0.2, -0.15) is 0 Å². The lowest BCUT2D eigenvalue weighted by atomic mass is 9.97. The van der Waals surface area contributed by atoms with Gasteiger partial charge >= 0.3 is 0 Å². The molecule has 0 spiro atoms. The third-order valence-electron chi connectivity index (χ3n) is 1.88. The summed E-state index contributed by atoms with van der Waals surface area (Å²) < 4.78 is 0. The van der Waals surface area contributed by atoms with Crippen LogP contribution in [0.3, 0.4) is 0 Å². The fourth-order valence-corrected chi connectivity index (χ4v) is 1.26. The Balaban J connectivity index is 2.61. The summed E-state index contributed by atoms with van der Waals surface area (Å²) in [7, 11) is 0. The molecule has 1 N–H and O–H groups in total. The molecular formula is C7H10N4O. The number of rotatable bonds is 3. The monoisotopic (exact) mass is 166 g/mol. The van der Waals surface area contributed by atoms with Crippen molar-refractivity contribution >= 4 is 6.41 Å². The summed E-state index contributed by atoms with van der Waals surface area (Å²) in [6, 6.07) is -0.173. The van der Waals surface area contributed by atoms with Crippen LogP contribution < -0.4 is 5.32 Å². The summed E-state index contributed by atoms with van der Waals surface area (Å²) in [4.78, 5) is 12.9. The predicted octanol–water partition coefficient (Wildman–Crippen LogP) is 1.13. The van der Waals surface area contributed by atoms with Gasteiger partial charge in [0.2, 0.25) is 6.41 Å². The van der Waals surface area contributed by atoms with E-state index in [-0.39, 0.29) is 12.1 Å². The summed E-state index contributed by atoms with van der Waals surface area (Å²) in [5.74, 6) is 0. The van der Waals surface area contributed by atoms with Crippen LogP contribution in [0.5, 0.6) is 0 Å². The van der Waals surface area contributed by atoms with Crippen LogP contribution in [-0.2, 0) is 4.79 Å². The number of carbonyl (C=O) groups excluding carboxylic acids is 1. The highest BCUT2D eigenvalue weighted by Gasteiger charge is 2.19. The van der Waals surface area contributed by atoms with Crippen LogP contribution in [0, 0.1) is 0 Å². The summed E-state index contributed by atoms with van der Waals surface area (Å²) in [5, 5.41) is 6.21. The number of nitrogens with one attached hydrogen (secondary N) is 1. The van der Waals surface area contributed by atoms with Crippen LogP contribution in [0.15, 0.2) is 17.3 Å². The average Bonchev–Trinajstić information content (AvgIpc) is 2.09. The minimum absolute atomic E-state index is 0.0385. The topological polar surface area (TPSA) is 77.9 Å². The zero-order valence-electron chi connectivity index (χ0n) is 6.55. The minimum Gasteiger partial charge on any atom is -0.355 e. The molecule has 1 aliphatic rings. The van der Waals surface area contributed by atoms with E-state index in [4.69, 9.17) is 5.53 Å². The first-order chi connectivity index (χ1) is 5.88. The maximum atomic E-state index is 10.2. The van der Waals surface area contributed by atoms with Gasteiger partial charge in [-0.1, -0.05) is 17.3 Å². The first-order valence-corrected chi connectivity index (χ1v) is 3.77. The van der Waals surface area contributed by atoms with Gasteiger partial charge < -0.3 is 5.32 Å². The third kappa shape index (κ3) is 2.00. The quantitative estimate of drug-likeness (QED) is 0.220. The molecule has 2 atom stereocenters. The first-order valence-electron chi connectivity index (χ1n) is 3.77. The molecule has 0 aromatic carbocycles. The Morgan fingerprint density at radius 3 is 3.00 bits per heavy atom. The SMILES string of the molecule is [N-]=[N+]=NC1CC=CCC1NC=O. The van der Waals surface area contributed by atoms with Gasteiger partial charge in [-0.3, -0.25) is 4.79 Å². The van der Waals surface area contributed by atoms with Gasteiger partial charge in [-0.05, 0) is 18.4 Å². The molecule has 0 radical (unpaired) electrons. The predicted molar refractivity (Wildman–Crippen MR) is 44.3 cm³/mol. The molecule has 0 saturated carbocycles. The van der Waals surface area contributed by atoms with Gasteiger partial charge in [0.15, 0.2) is 0 Å². The molecule has 0 heterocycles. The van der Waals surface area contributed by atoms with Gasteiger partial charge in [0.1, 0.15) is 0 Å². The molecule has 1 aliphatic carbocycles. The maximum Gasteiger partial charge on any atom is 0.207 e. The van der Waals surface area contributed by atoms with Gasteiger partial charge in [-0.25, -0.2) is 0 Å². The number of amides is 1. The summed E-state index contributed by atoms with van der Waals surface area (Å²) in [6.45, 7) is 0. The van der Waals surface area contributed by atoms with E-state index >= 15 is 0 Å². The standard InChI is InChI=1S/C7H10N4O/c8-11-10-7-4-2-1-3-6(7)9-5-12/h1-2,5-7H,3-4H2,(H,9,12). The molecule has 2 unspecified atom stereocenters. The molecule has 5 nitrogen and oxygen atoms in total. The normalized spacial score (nSPS) is 27.3. The first kappa shape index (κ1) is 8.62. The fourth-order valence-electron chi connectivity index (χ4n) is 1.26. The Kier molecular flexibility index (Phi) is 3.17. The highest BCUT2D eigenvalue weighted by Crippen LogP contribution is 2.14. The number of carbonyl (C=O) groups is 1. The van der Waals surface area contributed by atoms with Gasteiger partial charge in [0.05, 0.1) is 6.04 Å². The van der Waals surface area contributed by atoms with E-state index in [1.54, 1.807) is 0 Å². The molecule has 0 aromatic rings. The molecular weight excluding hydrogens is 156 g/mol. The zero-order valence-corrected chi connectivity index (χ0v) is 6.55. The van der Waals surface area contributed by atoms with E-state index in [2.05, 4.69) is 15.3 Å². The highest BCUT2D eigenvalue weighted by atomic mass is 16.1. The van der Waals surface area contributed by atoms with Gasteiger partial charge in [0, 0.05) is 11.0 Å². The fraction of sp³-hybridized carbons (Fsp3) is 0.571. The maximum absolute atomic E-state index is 10.2. The van der Waals surface area contributed by atoms with Crippen LogP contribution in [-0.4, -0.2) is 18.5 Å². The Morgan fingerprint density at radius 1 is 1.58 bits per heavy atom. The molecule has 1 rings (SSSR count). The van der Waals surface area contributed by atoms with Crippen molar-refractivity contribution in [2.24, 2.45) is 5.11 Å². The van der Waals surface area contributed by atoms with Crippen molar-refractivity contribution in [1.82, 2.24) is 5.32 Å². The Hall–Kier alpha value is -1.48. The largest absolute Gasteiger partial charge is 0.355 e. The van der Waals surface area contributed by atoms with Crippen molar-refractivity contribution < 1.29 is 4.79 Å².